The van der Waals surface area contributed by atoms with E-state index in [4.69, 9.17) is 5.11 Å². The van der Waals surface area contributed by atoms with Crippen LogP contribution >= 0.6 is 0 Å². The summed E-state index contributed by atoms with van der Waals surface area (Å²) in [5.41, 5.74) is 0. The van der Waals surface area contributed by atoms with Crippen molar-refractivity contribution in [3.63, 3.8) is 0 Å². The van der Waals surface area contributed by atoms with Crippen LogP contribution in [0.15, 0.2) is 0 Å². The van der Waals surface area contributed by atoms with Gasteiger partial charge in [-0.2, -0.15) is 0 Å². The molecule has 1 aliphatic rings. The van der Waals surface area contributed by atoms with E-state index in [0.717, 1.165) is 32.4 Å². The lowest BCUT2D eigenvalue weighted by molar-refractivity contribution is -0.883. The molecule has 5 heteroatoms. The Morgan fingerprint density at radius 2 is 1.95 bits per heavy atom. The minimum Gasteiger partial charge on any atom is -0.477 e. The third kappa shape index (κ3) is 5.90. The van der Waals surface area contributed by atoms with Gasteiger partial charge in [-0.1, -0.05) is 32.6 Å². The van der Waals surface area contributed by atoms with E-state index in [1.165, 1.54) is 19.3 Å². The number of carbonyl (C=O) groups excluding carboxylic acids is 1. The molecule has 0 aromatic heterocycles. The van der Waals surface area contributed by atoms with Crippen LogP contribution in [0.5, 0.6) is 0 Å². The molecule has 0 aromatic carbocycles. The van der Waals surface area contributed by atoms with E-state index in [1.807, 2.05) is 19.0 Å². The summed E-state index contributed by atoms with van der Waals surface area (Å²) in [5, 5.41) is 8.81. The van der Waals surface area contributed by atoms with E-state index in [2.05, 4.69) is 6.92 Å². The number of amides is 1. The lowest BCUT2D eigenvalue weighted by atomic mass is 10.1. The Balaban J connectivity index is 2.14. The van der Waals surface area contributed by atoms with Crippen LogP contribution < -0.4 is 0 Å². The average molecular weight is 285 g/mol. The highest BCUT2D eigenvalue weighted by molar-refractivity contribution is 5.96. The predicted molar refractivity (Wildman–Crippen MR) is 78.4 cm³/mol. The maximum Gasteiger partial charge on any atom is 0.359 e. The molecule has 0 bridgehead atoms. The van der Waals surface area contributed by atoms with Gasteiger partial charge in [-0.25, -0.2) is 4.79 Å². The molecule has 0 radical (unpaired) electrons. The maximum absolute atomic E-state index is 11.6. The fourth-order valence-electron chi connectivity index (χ4n) is 2.68. The topological polar surface area (TPSA) is 57.4 Å². The van der Waals surface area contributed by atoms with Gasteiger partial charge in [0.15, 0.2) is 6.54 Å². The molecular formula is C15H29N2O3+. The molecule has 1 saturated heterocycles. The van der Waals surface area contributed by atoms with Crippen molar-refractivity contribution in [2.45, 2.75) is 51.5 Å². The lowest BCUT2D eigenvalue weighted by Crippen LogP contribution is -2.45. The number of carboxylic acids is 1. The quantitative estimate of drug-likeness (QED) is 0.357. The summed E-state index contributed by atoms with van der Waals surface area (Å²) in [4.78, 5) is 24.3. The van der Waals surface area contributed by atoms with E-state index in [1.54, 1.807) is 0 Å². The molecule has 20 heavy (non-hydrogen) atoms. The molecular weight excluding hydrogens is 256 g/mol. The van der Waals surface area contributed by atoms with Gasteiger partial charge in [-0.05, 0) is 6.42 Å². The standard InChI is InChI=1S/C15H28N2O3/c1-4-5-6-7-9-13-15(20)16(13)10-8-11-17(2,3)12-14(18)19/h13H,4-12H2,1-3H3/p+1. The van der Waals surface area contributed by atoms with Crippen LogP contribution in [0, 0.1) is 0 Å². The molecule has 1 amide bonds. The van der Waals surface area contributed by atoms with E-state index in [-0.39, 0.29) is 18.5 Å². The fourth-order valence-corrected chi connectivity index (χ4v) is 2.68. The number of hydrogen-bond acceptors (Lipinski definition) is 2. The summed E-state index contributed by atoms with van der Waals surface area (Å²) in [6, 6.07) is 0.155. The van der Waals surface area contributed by atoms with Crippen molar-refractivity contribution < 1.29 is 19.2 Å². The Morgan fingerprint density at radius 1 is 1.25 bits per heavy atom. The molecule has 0 aromatic rings. The summed E-state index contributed by atoms with van der Waals surface area (Å²) in [7, 11) is 3.83. The normalized spacial score (nSPS) is 18.4. The van der Waals surface area contributed by atoms with Gasteiger partial charge in [0.25, 0.3) is 0 Å². The predicted octanol–water partition coefficient (Wildman–Crippen LogP) is 1.72. The molecule has 1 aliphatic heterocycles. The van der Waals surface area contributed by atoms with Crippen molar-refractivity contribution in [2.24, 2.45) is 0 Å². The number of nitrogens with zero attached hydrogens (tertiary/aromatic N) is 2. The monoisotopic (exact) mass is 285 g/mol. The summed E-state index contributed by atoms with van der Waals surface area (Å²) in [6.07, 6.45) is 6.70. The average Bonchev–Trinajstić information content (AvgIpc) is 2.93. The van der Waals surface area contributed by atoms with Crippen molar-refractivity contribution >= 4 is 11.9 Å². The molecule has 0 aliphatic carbocycles. The SMILES string of the molecule is CCCCCCC1C(=O)N1CCC[N+](C)(C)CC(=O)O. The van der Waals surface area contributed by atoms with Crippen molar-refractivity contribution in [2.75, 3.05) is 33.7 Å². The fraction of sp³-hybridized carbons (Fsp3) is 0.867. The van der Waals surface area contributed by atoms with Crippen LogP contribution in [-0.2, 0) is 9.59 Å². The zero-order valence-corrected chi connectivity index (χ0v) is 13.1. The van der Waals surface area contributed by atoms with Gasteiger partial charge in [0, 0.05) is 13.0 Å². The van der Waals surface area contributed by atoms with E-state index >= 15 is 0 Å². The second-order valence-electron chi connectivity index (χ2n) is 6.46. The molecule has 1 atom stereocenters. The molecule has 1 rings (SSSR count). The first-order valence-electron chi connectivity index (χ1n) is 7.71. The van der Waals surface area contributed by atoms with Crippen LogP contribution in [0.25, 0.3) is 0 Å². The van der Waals surface area contributed by atoms with Gasteiger partial charge in [-0.15, -0.1) is 0 Å². The van der Waals surface area contributed by atoms with Gasteiger partial charge in [0.05, 0.1) is 20.6 Å². The minimum atomic E-state index is -0.772. The van der Waals surface area contributed by atoms with Crippen molar-refractivity contribution in [1.82, 2.24) is 4.90 Å². The number of quaternary nitrogens is 1. The smallest absolute Gasteiger partial charge is 0.359 e. The Morgan fingerprint density at radius 3 is 2.55 bits per heavy atom. The van der Waals surface area contributed by atoms with Crippen LogP contribution in [0.4, 0.5) is 0 Å². The van der Waals surface area contributed by atoms with E-state index < -0.39 is 5.97 Å². The Labute approximate surface area is 122 Å². The van der Waals surface area contributed by atoms with Crippen molar-refractivity contribution in [3.05, 3.63) is 0 Å². The number of carboxylic acid groups (broad SMARTS) is 1. The van der Waals surface area contributed by atoms with Crippen molar-refractivity contribution in [1.29, 1.82) is 0 Å². The first kappa shape index (κ1) is 17.0. The lowest BCUT2D eigenvalue weighted by Gasteiger charge is -2.27. The number of rotatable bonds is 11. The second-order valence-corrected chi connectivity index (χ2v) is 6.46. The van der Waals surface area contributed by atoms with E-state index in [0.29, 0.717) is 4.48 Å². The minimum absolute atomic E-state index is 0.133. The maximum atomic E-state index is 11.6. The van der Waals surface area contributed by atoms with Gasteiger partial charge in [0.1, 0.15) is 6.04 Å². The number of likely N-dealkylation sites (N-methyl/N-ethyl adjacent to an activating group) is 1. The van der Waals surface area contributed by atoms with Gasteiger partial charge in [-0.3, -0.25) is 4.79 Å². The Bertz CT molecular complexity index is 342. The third-order valence-electron chi connectivity index (χ3n) is 3.93. The molecule has 5 nitrogen and oxygen atoms in total. The Hall–Kier alpha value is -1.10. The van der Waals surface area contributed by atoms with Crippen LogP contribution in [-0.4, -0.2) is 66.1 Å². The van der Waals surface area contributed by atoms with Gasteiger partial charge in [0.2, 0.25) is 5.91 Å². The first-order valence-corrected chi connectivity index (χ1v) is 7.71. The largest absolute Gasteiger partial charge is 0.477 e. The third-order valence-corrected chi connectivity index (χ3v) is 3.93. The summed E-state index contributed by atoms with van der Waals surface area (Å²) in [5.74, 6) is -0.489. The highest BCUT2D eigenvalue weighted by atomic mass is 16.4. The van der Waals surface area contributed by atoms with Crippen LogP contribution in [0.2, 0.25) is 0 Å². The highest BCUT2D eigenvalue weighted by Crippen LogP contribution is 2.25. The van der Waals surface area contributed by atoms with Gasteiger partial charge < -0.3 is 14.5 Å². The van der Waals surface area contributed by atoms with Crippen molar-refractivity contribution in [3.8, 4) is 0 Å². The zero-order valence-electron chi connectivity index (χ0n) is 13.1. The van der Waals surface area contributed by atoms with Gasteiger partial charge >= 0.3 is 5.97 Å². The number of hydrogen-bond donors (Lipinski definition) is 1. The molecule has 1 fully saturated rings. The number of aliphatic carboxylic acids is 1. The number of unbranched alkanes of at least 4 members (excludes halogenated alkanes) is 3. The molecule has 0 spiro atoms. The summed E-state index contributed by atoms with van der Waals surface area (Å²) < 4.78 is 0.471. The molecule has 1 unspecified atom stereocenters. The zero-order chi connectivity index (χ0) is 15.2. The summed E-state index contributed by atoms with van der Waals surface area (Å²) >= 11 is 0. The van der Waals surface area contributed by atoms with Crippen LogP contribution in [0.3, 0.4) is 0 Å². The molecule has 1 heterocycles. The number of carbonyl (C=O) groups is 2. The van der Waals surface area contributed by atoms with Crippen LogP contribution in [0.1, 0.15) is 45.4 Å². The Kier molecular flexibility index (Phi) is 6.46. The van der Waals surface area contributed by atoms with E-state index in [9.17, 15) is 9.59 Å². The first-order chi connectivity index (χ1) is 9.37. The second kappa shape index (κ2) is 7.62. The molecule has 0 saturated carbocycles. The molecule has 116 valence electrons. The molecule has 1 N–H and O–H groups in total. The highest BCUT2D eigenvalue weighted by Gasteiger charge is 2.44. The summed E-state index contributed by atoms with van der Waals surface area (Å²) in [6.45, 7) is 3.89.